The number of pyridine rings is 1. The first-order valence-corrected chi connectivity index (χ1v) is 5.78. The first-order chi connectivity index (χ1) is 7.31. The molecule has 1 fully saturated rings. The Hall–Kier alpha value is -0.860. The largest absolute Gasteiger partial charge is 0.307 e. The summed E-state index contributed by atoms with van der Waals surface area (Å²) in [5.74, 6) is 0. The second-order valence-electron chi connectivity index (χ2n) is 4.31. The number of aromatic nitrogens is 1. The van der Waals surface area contributed by atoms with E-state index in [-0.39, 0.29) is 0 Å². The van der Waals surface area contributed by atoms with E-state index in [4.69, 9.17) is 11.6 Å². The van der Waals surface area contributed by atoms with E-state index in [9.17, 15) is 0 Å². The van der Waals surface area contributed by atoms with Gasteiger partial charge in [0.2, 0.25) is 0 Å². The average molecular weight is 221 g/mol. The van der Waals surface area contributed by atoms with Crippen LogP contribution in [0.4, 0.5) is 0 Å². The van der Waals surface area contributed by atoms with Crippen LogP contribution in [0.3, 0.4) is 0 Å². The molecular weight excluding hydrogens is 208 g/mol. The number of rotatable bonds is 1. The molecule has 0 saturated carbocycles. The molecule has 3 heteroatoms. The molecule has 1 saturated heterocycles. The second kappa shape index (κ2) is 3.62. The quantitative estimate of drug-likeness (QED) is 0.736. The number of hydrogen-bond acceptors (Lipinski definition) is 2. The topological polar surface area (TPSA) is 24.9 Å². The molecule has 1 aromatic rings. The Morgan fingerprint density at radius 2 is 2.27 bits per heavy atom. The van der Waals surface area contributed by atoms with Crippen molar-refractivity contribution in [1.29, 1.82) is 0 Å². The lowest BCUT2D eigenvalue weighted by Crippen LogP contribution is -2.31. The molecule has 0 radical (unpaired) electrons. The van der Waals surface area contributed by atoms with Crippen molar-refractivity contribution in [2.24, 2.45) is 0 Å². The summed E-state index contributed by atoms with van der Waals surface area (Å²) in [6, 6.07) is 5.17. The number of nitrogens with one attached hydrogen (secondary N) is 1. The van der Waals surface area contributed by atoms with Gasteiger partial charge in [0.15, 0.2) is 0 Å². The lowest BCUT2D eigenvalue weighted by atomic mass is 9.97. The van der Waals surface area contributed by atoms with Gasteiger partial charge in [-0.25, -0.2) is 4.98 Å². The van der Waals surface area contributed by atoms with Crippen LogP contribution in [0.5, 0.6) is 0 Å². The Balaban J connectivity index is 1.91. The fraction of sp³-hybridized carbons (Fsp3) is 0.417. The molecule has 78 valence electrons. The highest BCUT2D eigenvalue weighted by Gasteiger charge is 2.28. The van der Waals surface area contributed by atoms with E-state index in [1.165, 1.54) is 24.0 Å². The Labute approximate surface area is 94.4 Å². The van der Waals surface area contributed by atoms with Gasteiger partial charge < -0.3 is 5.32 Å². The van der Waals surface area contributed by atoms with E-state index in [1.54, 1.807) is 0 Å². The minimum Gasteiger partial charge on any atom is -0.307 e. The number of halogens is 1. The van der Waals surface area contributed by atoms with Crippen LogP contribution >= 0.6 is 11.6 Å². The molecule has 0 amide bonds. The summed E-state index contributed by atoms with van der Waals surface area (Å²) in [5, 5.41) is 4.14. The van der Waals surface area contributed by atoms with Crippen LogP contribution in [0, 0.1) is 0 Å². The van der Waals surface area contributed by atoms with Gasteiger partial charge in [0.1, 0.15) is 5.15 Å². The summed E-state index contributed by atoms with van der Waals surface area (Å²) in [6.45, 7) is 0. The van der Waals surface area contributed by atoms with Crippen LogP contribution in [-0.4, -0.2) is 17.1 Å². The zero-order chi connectivity index (χ0) is 10.3. The van der Waals surface area contributed by atoms with Gasteiger partial charge in [0, 0.05) is 18.3 Å². The van der Waals surface area contributed by atoms with Crippen molar-refractivity contribution in [2.75, 3.05) is 0 Å². The van der Waals surface area contributed by atoms with Gasteiger partial charge in [0.05, 0.1) is 0 Å². The van der Waals surface area contributed by atoms with Gasteiger partial charge in [-0.05, 0) is 36.5 Å². The number of fused-ring (bicyclic) bond motifs is 2. The third-order valence-corrected chi connectivity index (χ3v) is 3.47. The Kier molecular flexibility index (Phi) is 2.26. The molecule has 3 heterocycles. The van der Waals surface area contributed by atoms with Crippen LogP contribution in [-0.2, 0) is 0 Å². The van der Waals surface area contributed by atoms with Gasteiger partial charge in [0.25, 0.3) is 0 Å². The molecule has 0 spiro atoms. The zero-order valence-corrected chi connectivity index (χ0v) is 9.17. The first-order valence-electron chi connectivity index (χ1n) is 5.40. The minimum absolute atomic E-state index is 0.566. The van der Waals surface area contributed by atoms with E-state index < -0.39 is 0 Å². The van der Waals surface area contributed by atoms with Crippen molar-refractivity contribution >= 4 is 17.2 Å². The third-order valence-electron chi connectivity index (χ3n) is 3.24. The average Bonchev–Trinajstić information content (AvgIpc) is 2.59. The molecule has 15 heavy (non-hydrogen) atoms. The summed E-state index contributed by atoms with van der Waals surface area (Å²) in [4.78, 5) is 4.13. The van der Waals surface area contributed by atoms with Crippen molar-refractivity contribution in [2.45, 2.75) is 31.3 Å². The molecule has 1 aromatic heterocycles. The molecular formula is C12H13ClN2. The normalized spacial score (nSPS) is 29.0. The lowest BCUT2D eigenvalue weighted by molar-refractivity contribution is 0.575. The van der Waals surface area contributed by atoms with Crippen LogP contribution in [0.1, 0.15) is 24.8 Å². The Morgan fingerprint density at radius 1 is 1.33 bits per heavy atom. The van der Waals surface area contributed by atoms with Crippen LogP contribution < -0.4 is 5.32 Å². The van der Waals surface area contributed by atoms with E-state index in [2.05, 4.69) is 22.4 Å². The van der Waals surface area contributed by atoms with Gasteiger partial charge in [-0.1, -0.05) is 23.7 Å². The number of nitrogens with zero attached hydrogens (tertiary/aromatic N) is 1. The standard InChI is InChI=1S/C12H13ClN2/c13-12-4-1-8(7-14-12)9-5-10-2-3-11(6-9)15-10/h1,4-5,7,10-11,15H,2-3,6H2/t10-,11+/m1/s1. The SMILES string of the molecule is Clc1ccc(C2=C[C@H]3CC[C@@H](C2)N3)cn1. The molecule has 0 aliphatic carbocycles. The van der Waals surface area contributed by atoms with Crippen molar-refractivity contribution in [3.05, 3.63) is 35.1 Å². The van der Waals surface area contributed by atoms with Gasteiger partial charge in [-0.2, -0.15) is 0 Å². The smallest absolute Gasteiger partial charge is 0.129 e. The highest BCUT2D eigenvalue weighted by Crippen LogP contribution is 2.31. The molecule has 2 aliphatic heterocycles. The van der Waals surface area contributed by atoms with E-state index in [1.807, 2.05) is 12.3 Å². The molecule has 1 N–H and O–H groups in total. The maximum absolute atomic E-state index is 5.78. The third kappa shape index (κ3) is 1.80. The highest BCUT2D eigenvalue weighted by atomic mass is 35.5. The minimum atomic E-state index is 0.566. The number of hydrogen-bond donors (Lipinski definition) is 1. The molecule has 2 bridgehead atoms. The summed E-state index contributed by atoms with van der Waals surface area (Å²) >= 11 is 5.78. The molecule has 2 nitrogen and oxygen atoms in total. The van der Waals surface area contributed by atoms with Crippen LogP contribution in [0.15, 0.2) is 24.4 Å². The summed E-state index contributed by atoms with van der Waals surface area (Å²) < 4.78 is 0. The summed E-state index contributed by atoms with van der Waals surface area (Å²) in [5.41, 5.74) is 2.64. The Bertz CT molecular complexity index is 397. The Morgan fingerprint density at radius 3 is 3.00 bits per heavy atom. The van der Waals surface area contributed by atoms with Crippen molar-refractivity contribution in [3.8, 4) is 0 Å². The van der Waals surface area contributed by atoms with Crippen molar-refractivity contribution < 1.29 is 0 Å². The maximum atomic E-state index is 5.78. The monoisotopic (exact) mass is 220 g/mol. The predicted octanol–water partition coefficient (Wildman–Crippen LogP) is 2.64. The van der Waals surface area contributed by atoms with Gasteiger partial charge in [-0.3, -0.25) is 0 Å². The second-order valence-corrected chi connectivity index (χ2v) is 4.70. The molecule has 0 unspecified atom stereocenters. The molecule has 2 aliphatic rings. The highest BCUT2D eigenvalue weighted by molar-refractivity contribution is 6.29. The fourth-order valence-electron chi connectivity index (χ4n) is 2.50. The first kappa shape index (κ1) is 9.37. The van der Waals surface area contributed by atoms with Crippen molar-refractivity contribution in [3.63, 3.8) is 0 Å². The lowest BCUT2D eigenvalue weighted by Gasteiger charge is -2.21. The predicted molar refractivity (Wildman–Crippen MR) is 61.8 cm³/mol. The molecule has 2 atom stereocenters. The fourth-order valence-corrected chi connectivity index (χ4v) is 2.61. The molecule has 0 aromatic carbocycles. The van der Waals surface area contributed by atoms with Crippen molar-refractivity contribution in [1.82, 2.24) is 10.3 Å². The molecule has 3 rings (SSSR count). The van der Waals surface area contributed by atoms with Crippen LogP contribution in [0.25, 0.3) is 5.57 Å². The summed E-state index contributed by atoms with van der Waals surface area (Å²) in [6.07, 6.45) is 7.91. The summed E-state index contributed by atoms with van der Waals surface area (Å²) in [7, 11) is 0. The van der Waals surface area contributed by atoms with E-state index >= 15 is 0 Å². The zero-order valence-electron chi connectivity index (χ0n) is 8.41. The maximum Gasteiger partial charge on any atom is 0.129 e. The van der Waals surface area contributed by atoms with Gasteiger partial charge >= 0.3 is 0 Å². The van der Waals surface area contributed by atoms with E-state index in [0.29, 0.717) is 17.2 Å². The van der Waals surface area contributed by atoms with Gasteiger partial charge in [-0.15, -0.1) is 0 Å². The van der Waals surface area contributed by atoms with Crippen LogP contribution in [0.2, 0.25) is 5.15 Å². The van der Waals surface area contributed by atoms with E-state index in [0.717, 1.165) is 6.42 Å².